The Kier molecular flexibility index (Phi) is 4.03. The van der Waals surface area contributed by atoms with Crippen molar-refractivity contribution >= 4 is 35.1 Å². The molecule has 0 amide bonds. The normalized spacial score (nSPS) is 27.1. The second kappa shape index (κ2) is 5.94. The van der Waals surface area contributed by atoms with Gasteiger partial charge in [0.2, 0.25) is 0 Å². The molecular formula is C15H16ClN3S. The molecule has 0 unspecified atom stereocenters. The lowest BCUT2D eigenvalue weighted by atomic mass is 10.0. The van der Waals surface area contributed by atoms with Crippen molar-refractivity contribution in [1.29, 1.82) is 0 Å². The van der Waals surface area contributed by atoms with E-state index >= 15 is 0 Å². The van der Waals surface area contributed by atoms with E-state index in [0.29, 0.717) is 22.1 Å². The number of hydrazone groups is 1. The number of halogens is 1. The topological polar surface area (TPSA) is 36.4 Å². The van der Waals surface area contributed by atoms with Crippen LogP contribution in [0.2, 0.25) is 5.02 Å². The molecule has 0 radical (unpaired) electrons. The van der Waals surface area contributed by atoms with Gasteiger partial charge < -0.3 is 5.32 Å². The van der Waals surface area contributed by atoms with Crippen LogP contribution in [-0.2, 0) is 0 Å². The molecular weight excluding hydrogens is 290 g/mol. The number of thiocarbonyl (C=S) groups is 1. The Morgan fingerprint density at radius 1 is 1.30 bits per heavy atom. The van der Waals surface area contributed by atoms with E-state index in [-0.39, 0.29) is 0 Å². The molecule has 3 nitrogen and oxygen atoms in total. The molecule has 1 aromatic rings. The van der Waals surface area contributed by atoms with Crippen LogP contribution >= 0.6 is 23.8 Å². The first-order valence-electron chi connectivity index (χ1n) is 6.75. The SMILES string of the molecule is S=C(N/N=C\c1ccccc1Cl)N[C@@H]1C[C@H]2C=C[C@@H]1C2. The zero-order valence-corrected chi connectivity index (χ0v) is 12.5. The lowest BCUT2D eigenvalue weighted by Crippen LogP contribution is -2.42. The van der Waals surface area contributed by atoms with Gasteiger partial charge in [-0.3, -0.25) is 5.43 Å². The molecule has 0 spiro atoms. The summed E-state index contributed by atoms with van der Waals surface area (Å²) in [5.74, 6) is 1.35. The summed E-state index contributed by atoms with van der Waals surface area (Å²) in [4.78, 5) is 0. The number of benzene rings is 1. The van der Waals surface area contributed by atoms with Gasteiger partial charge in [-0.25, -0.2) is 0 Å². The summed E-state index contributed by atoms with van der Waals surface area (Å²) in [7, 11) is 0. The first-order chi connectivity index (χ1) is 9.72. The number of nitrogens with one attached hydrogen (secondary N) is 2. The zero-order chi connectivity index (χ0) is 13.9. The standard InChI is InChI=1S/C15H16ClN3S/c16-13-4-2-1-3-12(13)9-17-19-15(20)18-14-8-10-5-6-11(14)7-10/h1-6,9-11,14H,7-8H2,(H2,18,19,20)/b17-9-/t10-,11+,14+/m0/s1. The zero-order valence-electron chi connectivity index (χ0n) is 10.9. The van der Waals surface area contributed by atoms with Crippen molar-refractivity contribution in [3.63, 3.8) is 0 Å². The highest BCUT2D eigenvalue weighted by molar-refractivity contribution is 7.80. The molecule has 2 aliphatic carbocycles. The number of hydrogen-bond acceptors (Lipinski definition) is 2. The third kappa shape index (κ3) is 3.02. The van der Waals surface area contributed by atoms with Crippen molar-refractivity contribution in [2.75, 3.05) is 0 Å². The third-order valence-electron chi connectivity index (χ3n) is 3.87. The molecule has 1 aromatic carbocycles. The first-order valence-corrected chi connectivity index (χ1v) is 7.53. The summed E-state index contributed by atoms with van der Waals surface area (Å²) in [6.07, 6.45) is 8.70. The summed E-state index contributed by atoms with van der Waals surface area (Å²) in [6.45, 7) is 0. The predicted molar refractivity (Wildman–Crippen MR) is 87.1 cm³/mol. The Morgan fingerprint density at radius 3 is 2.85 bits per heavy atom. The van der Waals surface area contributed by atoms with Crippen LogP contribution in [0.15, 0.2) is 41.5 Å². The molecule has 2 N–H and O–H groups in total. The van der Waals surface area contributed by atoms with Gasteiger partial charge in [-0.05, 0) is 43.0 Å². The molecule has 0 aromatic heterocycles. The average Bonchev–Trinajstić information content (AvgIpc) is 3.03. The molecule has 2 bridgehead atoms. The van der Waals surface area contributed by atoms with Gasteiger partial charge in [0.05, 0.1) is 6.21 Å². The summed E-state index contributed by atoms with van der Waals surface area (Å²) in [5, 5.41) is 8.70. The van der Waals surface area contributed by atoms with E-state index in [2.05, 4.69) is 28.0 Å². The monoisotopic (exact) mass is 305 g/mol. The Morgan fingerprint density at radius 2 is 2.15 bits per heavy atom. The van der Waals surface area contributed by atoms with Crippen LogP contribution in [0.1, 0.15) is 18.4 Å². The maximum absolute atomic E-state index is 6.04. The minimum atomic E-state index is 0.445. The lowest BCUT2D eigenvalue weighted by molar-refractivity contribution is 0.521. The van der Waals surface area contributed by atoms with Gasteiger partial charge in [-0.1, -0.05) is 42.0 Å². The maximum Gasteiger partial charge on any atom is 0.187 e. The summed E-state index contributed by atoms with van der Waals surface area (Å²) < 4.78 is 0. The van der Waals surface area contributed by atoms with Crippen molar-refractivity contribution in [1.82, 2.24) is 10.7 Å². The second-order valence-electron chi connectivity index (χ2n) is 5.25. The maximum atomic E-state index is 6.04. The lowest BCUT2D eigenvalue weighted by Gasteiger charge is -2.20. The molecule has 5 heteroatoms. The van der Waals surface area contributed by atoms with Crippen LogP contribution < -0.4 is 10.7 Å². The quantitative estimate of drug-likeness (QED) is 0.390. The van der Waals surface area contributed by atoms with Gasteiger partial charge in [0, 0.05) is 16.6 Å². The van der Waals surface area contributed by atoms with Gasteiger partial charge in [0.1, 0.15) is 0 Å². The molecule has 0 aliphatic heterocycles. The fraction of sp³-hybridized carbons (Fsp3) is 0.333. The molecule has 2 aliphatic rings. The van der Waals surface area contributed by atoms with E-state index in [1.165, 1.54) is 6.42 Å². The highest BCUT2D eigenvalue weighted by Crippen LogP contribution is 2.38. The molecule has 0 saturated heterocycles. The van der Waals surface area contributed by atoms with Crippen LogP contribution in [-0.4, -0.2) is 17.4 Å². The van der Waals surface area contributed by atoms with Gasteiger partial charge in [-0.15, -0.1) is 0 Å². The summed E-state index contributed by atoms with van der Waals surface area (Å²) in [5.41, 5.74) is 3.72. The van der Waals surface area contributed by atoms with Gasteiger partial charge >= 0.3 is 0 Å². The highest BCUT2D eigenvalue weighted by Gasteiger charge is 2.35. The van der Waals surface area contributed by atoms with Crippen LogP contribution in [0.25, 0.3) is 0 Å². The van der Waals surface area contributed by atoms with Crippen LogP contribution in [0.5, 0.6) is 0 Å². The number of hydrogen-bond donors (Lipinski definition) is 2. The van der Waals surface area contributed by atoms with E-state index in [4.69, 9.17) is 23.8 Å². The van der Waals surface area contributed by atoms with E-state index < -0.39 is 0 Å². The molecule has 0 heterocycles. The van der Waals surface area contributed by atoms with Crippen LogP contribution in [0.3, 0.4) is 0 Å². The Hall–Kier alpha value is -1.39. The van der Waals surface area contributed by atoms with Crippen molar-refractivity contribution in [2.24, 2.45) is 16.9 Å². The van der Waals surface area contributed by atoms with E-state index in [9.17, 15) is 0 Å². The summed E-state index contributed by atoms with van der Waals surface area (Å²) in [6, 6.07) is 8.00. The first kappa shape index (κ1) is 13.6. The van der Waals surface area contributed by atoms with Crippen molar-refractivity contribution in [3.8, 4) is 0 Å². The molecule has 1 saturated carbocycles. The van der Waals surface area contributed by atoms with Gasteiger partial charge in [0.15, 0.2) is 5.11 Å². The molecule has 3 atom stereocenters. The smallest absolute Gasteiger partial charge is 0.187 e. The average molecular weight is 306 g/mol. The van der Waals surface area contributed by atoms with Gasteiger partial charge in [0.25, 0.3) is 0 Å². The second-order valence-corrected chi connectivity index (χ2v) is 6.07. The number of nitrogens with zero attached hydrogens (tertiary/aromatic N) is 1. The molecule has 20 heavy (non-hydrogen) atoms. The van der Waals surface area contributed by atoms with E-state index in [1.54, 1.807) is 6.21 Å². The molecule has 3 rings (SSSR count). The van der Waals surface area contributed by atoms with Gasteiger partial charge in [-0.2, -0.15) is 5.10 Å². The number of rotatable bonds is 3. The Labute approximate surface area is 129 Å². The van der Waals surface area contributed by atoms with E-state index in [1.807, 2.05) is 24.3 Å². The highest BCUT2D eigenvalue weighted by atomic mass is 35.5. The predicted octanol–water partition coefficient (Wildman–Crippen LogP) is 3.10. The van der Waals surface area contributed by atoms with Crippen molar-refractivity contribution in [2.45, 2.75) is 18.9 Å². The minimum Gasteiger partial charge on any atom is -0.358 e. The fourth-order valence-electron chi connectivity index (χ4n) is 2.89. The Bertz CT molecular complexity index is 570. The van der Waals surface area contributed by atoms with Crippen LogP contribution in [0, 0.1) is 11.8 Å². The molecule has 104 valence electrons. The summed E-state index contributed by atoms with van der Waals surface area (Å²) >= 11 is 11.3. The third-order valence-corrected chi connectivity index (χ3v) is 4.42. The van der Waals surface area contributed by atoms with Crippen molar-refractivity contribution < 1.29 is 0 Å². The number of allylic oxidation sites excluding steroid dienone is 1. The fourth-order valence-corrected chi connectivity index (χ4v) is 3.28. The largest absolute Gasteiger partial charge is 0.358 e. The van der Waals surface area contributed by atoms with E-state index in [0.717, 1.165) is 17.9 Å². The minimum absolute atomic E-state index is 0.445. The Balaban J connectivity index is 1.50. The number of fused-ring (bicyclic) bond motifs is 2. The van der Waals surface area contributed by atoms with Crippen LogP contribution in [0.4, 0.5) is 0 Å². The molecule has 1 fully saturated rings. The van der Waals surface area contributed by atoms with Crippen molar-refractivity contribution in [3.05, 3.63) is 47.0 Å².